The fraction of sp³-hybridized carbons (Fsp3) is 0.480. The van der Waals surface area contributed by atoms with Crippen LogP contribution in [-0.4, -0.2) is 42.2 Å². The van der Waals surface area contributed by atoms with Crippen LogP contribution in [0.3, 0.4) is 0 Å². The van der Waals surface area contributed by atoms with Crippen LogP contribution in [0.5, 0.6) is 5.75 Å². The summed E-state index contributed by atoms with van der Waals surface area (Å²) >= 11 is 0. The molecule has 1 saturated heterocycles. The molecule has 1 unspecified atom stereocenters. The lowest BCUT2D eigenvalue weighted by Crippen LogP contribution is -2.49. The Hall–Kier alpha value is -2.33. The Morgan fingerprint density at radius 3 is 2.66 bits per heavy atom. The van der Waals surface area contributed by atoms with E-state index >= 15 is 0 Å². The Bertz CT molecular complexity index is 807. The molecule has 1 aliphatic rings. The Morgan fingerprint density at radius 1 is 1.24 bits per heavy atom. The molecule has 0 bridgehead atoms. The number of nitrogens with zero attached hydrogens (tertiary/aromatic N) is 1. The van der Waals surface area contributed by atoms with Crippen molar-refractivity contribution in [1.29, 1.82) is 0 Å². The second kappa shape index (κ2) is 9.45. The maximum Gasteiger partial charge on any atom is 0.310 e. The van der Waals surface area contributed by atoms with E-state index in [9.17, 15) is 9.90 Å². The van der Waals surface area contributed by atoms with Crippen molar-refractivity contribution in [2.45, 2.75) is 39.0 Å². The summed E-state index contributed by atoms with van der Waals surface area (Å²) in [6.45, 7) is 9.41. The number of esters is 1. The predicted octanol–water partition coefficient (Wildman–Crippen LogP) is 4.41. The number of hydrogen-bond acceptors (Lipinski definition) is 4. The summed E-state index contributed by atoms with van der Waals surface area (Å²) < 4.78 is 5.37. The number of benzene rings is 2. The Morgan fingerprint density at radius 2 is 2.00 bits per heavy atom. The van der Waals surface area contributed by atoms with Gasteiger partial charge < -0.3 is 14.7 Å². The molecule has 1 N–H and O–H groups in total. The number of hydrogen-bond donors (Lipinski definition) is 1. The largest absolute Gasteiger partial charge is 0.508 e. The minimum absolute atomic E-state index is 0.0219. The molecule has 1 heterocycles. The molecule has 2 aromatic carbocycles. The number of piperidine rings is 1. The Labute approximate surface area is 174 Å². The third-order valence-corrected chi connectivity index (χ3v) is 6.50. The van der Waals surface area contributed by atoms with Gasteiger partial charge in [-0.15, -0.1) is 0 Å². The molecule has 0 saturated carbocycles. The van der Waals surface area contributed by atoms with Gasteiger partial charge in [-0.1, -0.05) is 56.3 Å². The standard InChI is InChI=1S/C25H33NO3/c1-4-29-24(28)21(15-20-9-6-5-7-10-20)18-26-14-13-25(3,19(2)17-26)22-11-8-12-23(27)16-22/h5-12,16,19,21,27H,4,13-15,17-18H2,1-3H3/t19-,21?,25+/m0/s1. The van der Waals surface area contributed by atoms with Crippen LogP contribution in [0.25, 0.3) is 0 Å². The molecule has 4 nitrogen and oxygen atoms in total. The lowest BCUT2D eigenvalue weighted by molar-refractivity contribution is -0.149. The highest BCUT2D eigenvalue weighted by Crippen LogP contribution is 2.40. The van der Waals surface area contributed by atoms with Crippen LogP contribution < -0.4 is 0 Å². The molecule has 0 aliphatic carbocycles. The highest BCUT2D eigenvalue weighted by Gasteiger charge is 2.39. The molecule has 156 valence electrons. The molecule has 3 rings (SSSR count). The van der Waals surface area contributed by atoms with Crippen LogP contribution in [0.2, 0.25) is 0 Å². The molecule has 0 spiro atoms. The third-order valence-electron chi connectivity index (χ3n) is 6.50. The van der Waals surface area contributed by atoms with Crippen molar-refractivity contribution < 1.29 is 14.6 Å². The van der Waals surface area contributed by atoms with Gasteiger partial charge in [0.05, 0.1) is 12.5 Å². The van der Waals surface area contributed by atoms with Crippen molar-refractivity contribution >= 4 is 5.97 Å². The minimum Gasteiger partial charge on any atom is -0.508 e. The highest BCUT2D eigenvalue weighted by atomic mass is 16.5. The summed E-state index contributed by atoms with van der Waals surface area (Å²) in [7, 11) is 0. The van der Waals surface area contributed by atoms with Gasteiger partial charge in [-0.25, -0.2) is 0 Å². The van der Waals surface area contributed by atoms with Crippen molar-refractivity contribution in [1.82, 2.24) is 4.90 Å². The SMILES string of the molecule is CCOC(=O)C(Cc1ccccc1)CN1CC[C@@](C)(c2cccc(O)c2)[C@@H](C)C1. The van der Waals surface area contributed by atoms with Crippen LogP contribution in [0.15, 0.2) is 54.6 Å². The van der Waals surface area contributed by atoms with Crippen LogP contribution in [-0.2, 0) is 21.4 Å². The fourth-order valence-electron chi connectivity index (χ4n) is 4.47. The van der Waals surface area contributed by atoms with E-state index in [4.69, 9.17) is 4.74 Å². The summed E-state index contributed by atoms with van der Waals surface area (Å²) in [5.74, 6) is 0.473. The van der Waals surface area contributed by atoms with Crippen LogP contribution in [0.4, 0.5) is 0 Å². The van der Waals surface area contributed by atoms with E-state index in [0.717, 1.165) is 19.5 Å². The molecular weight excluding hydrogens is 362 g/mol. The number of phenols is 1. The van der Waals surface area contributed by atoms with Gasteiger partial charge in [-0.2, -0.15) is 0 Å². The number of carbonyl (C=O) groups excluding carboxylic acids is 1. The van der Waals surface area contributed by atoms with Crippen LogP contribution >= 0.6 is 0 Å². The van der Waals surface area contributed by atoms with Gasteiger partial charge in [0.15, 0.2) is 0 Å². The van der Waals surface area contributed by atoms with Crippen molar-refractivity contribution in [2.24, 2.45) is 11.8 Å². The van der Waals surface area contributed by atoms with Gasteiger partial charge >= 0.3 is 5.97 Å². The lowest BCUT2D eigenvalue weighted by Gasteiger charge is -2.45. The summed E-state index contributed by atoms with van der Waals surface area (Å²) in [6.07, 6.45) is 1.70. The van der Waals surface area contributed by atoms with Gasteiger partial charge in [0.25, 0.3) is 0 Å². The van der Waals surface area contributed by atoms with E-state index in [1.54, 1.807) is 6.07 Å². The first-order valence-corrected chi connectivity index (χ1v) is 10.6. The number of carbonyl (C=O) groups is 1. The van der Waals surface area contributed by atoms with Gasteiger partial charge in [-0.3, -0.25) is 4.79 Å². The molecule has 0 amide bonds. The maximum absolute atomic E-state index is 12.6. The van der Waals surface area contributed by atoms with Gasteiger partial charge in [0, 0.05) is 13.1 Å². The quantitative estimate of drug-likeness (QED) is 0.706. The van der Waals surface area contributed by atoms with E-state index in [2.05, 4.69) is 36.9 Å². The molecule has 4 heteroatoms. The summed E-state index contributed by atoms with van der Waals surface area (Å²) in [5.41, 5.74) is 2.38. The highest BCUT2D eigenvalue weighted by molar-refractivity contribution is 5.73. The zero-order chi connectivity index (χ0) is 20.9. The third kappa shape index (κ3) is 5.18. The van der Waals surface area contributed by atoms with Crippen molar-refractivity contribution in [3.63, 3.8) is 0 Å². The van der Waals surface area contributed by atoms with E-state index in [1.165, 1.54) is 11.1 Å². The first kappa shape index (κ1) is 21.4. The lowest BCUT2D eigenvalue weighted by atomic mass is 9.68. The van der Waals surface area contributed by atoms with E-state index in [-0.39, 0.29) is 17.3 Å². The van der Waals surface area contributed by atoms with E-state index in [1.807, 2.05) is 37.3 Å². The van der Waals surface area contributed by atoms with Crippen LogP contribution in [0.1, 0.15) is 38.3 Å². The molecule has 3 atom stereocenters. The zero-order valence-corrected chi connectivity index (χ0v) is 17.8. The minimum atomic E-state index is -0.158. The second-order valence-corrected chi connectivity index (χ2v) is 8.52. The first-order chi connectivity index (χ1) is 13.9. The monoisotopic (exact) mass is 395 g/mol. The van der Waals surface area contributed by atoms with Gasteiger partial charge in [-0.05, 0) is 60.9 Å². The molecule has 29 heavy (non-hydrogen) atoms. The first-order valence-electron chi connectivity index (χ1n) is 10.6. The number of likely N-dealkylation sites (tertiary alicyclic amines) is 1. The molecule has 1 fully saturated rings. The number of rotatable bonds is 7. The van der Waals surface area contributed by atoms with Gasteiger partial charge in [0.1, 0.15) is 5.75 Å². The average Bonchev–Trinajstić information content (AvgIpc) is 2.71. The molecule has 0 radical (unpaired) electrons. The van der Waals surface area contributed by atoms with Gasteiger partial charge in [0.2, 0.25) is 0 Å². The van der Waals surface area contributed by atoms with Crippen molar-refractivity contribution in [2.75, 3.05) is 26.2 Å². The molecular formula is C25H33NO3. The van der Waals surface area contributed by atoms with Crippen LogP contribution in [0, 0.1) is 11.8 Å². The molecule has 2 aromatic rings. The normalized spacial score (nSPS) is 23.5. The summed E-state index contributed by atoms with van der Waals surface area (Å²) in [5, 5.41) is 9.91. The molecule has 1 aliphatic heterocycles. The number of ether oxygens (including phenoxy) is 1. The molecule has 0 aromatic heterocycles. The maximum atomic E-state index is 12.6. The Balaban J connectivity index is 1.69. The predicted molar refractivity (Wildman–Crippen MR) is 116 cm³/mol. The van der Waals surface area contributed by atoms with Crippen molar-refractivity contribution in [3.8, 4) is 5.75 Å². The summed E-state index contributed by atoms with van der Waals surface area (Å²) in [6, 6.07) is 17.8. The fourth-order valence-corrected chi connectivity index (χ4v) is 4.47. The topological polar surface area (TPSA) is 49.8 Å². The van der Waals surface area contributed by atoms with Crippen molar-refractivity contribution in [3.05, 3.63) is 65.7 Å². The number of aromatic hydroxyl groups is 1. The smallest absolute Gasteiger partial charge is 0.310 e. The van der Waals surface area contributed by atoms with E-state index < -0.39 is 0 Å². The number of phenolic OH excluding ortho intramolecular Hbond substituents is 1. The summed E-state index contributed by atoms with van der Waals surface area (Å²) in [4.78, 5) is 15.0. The van der Waals surface area contributed by atoms with E-state index in [0.29, 0.717) is 31.2 Å². The average molecular weight is 396 g/mol. The Kier molecular flexibility index (Phi) is 6.96. The second-order valence-electron chi connectivity index (χ2n) is 8.52. The zero-order valence-electron chi connectivity index (χ0n) is 17.8.